The molecule has 8 nitrogen and oxygen atoms in total. The monoisotopic (exact) mass is 458 g/mol. The number of aromatic nitrogens is 2. The molecule has 32 heavy (non-hydrogen) atoms. The van der Waals surface area contributed by atoms with Crippen molar-refractivity contribution in [3.63, 3.8) is 0 Å². The highest BCUT2D eigenvalue weighted by Gasteiger charge is 2.41. The van der Waals surface area contributed by atoms with E-state index in [9.17, 15) is 14.3 Å². The average molecular weight is 458 g/mol. The van der Waals surface area contributed by atoms with E-state index in [1.807, 2.05) is 13.1 Å². The Hall–Kier alpha value is -3.37. The van der Waals surface area contributed by atoms with Crippen LogP contribution in [0.3, 0.4) is 0 Å². The first-order valence-electron chi connectivity index (χ1n) is 10.1. The van der Waals surface area contributed by atoms with E-state index in [-0.39, 0.29) is 23.0 Å². The van der Waals surface area contributed by atoms with Crippen LogP contribution in [-0.4, -0.2) is 42.2 Å². The summed E-state index contributed by atoms with van der Waals surface area (Å²) < 4.78 is 31.7. The molecule has 2 aliphatic rings. The molecule has 0 spiro atoms. The van der Waals surface area contributed by atoms with E-state index >= 15 is 0 Å². The zero-order valence-corrected chi connectivity index (χ0v) is 18.2. The van der Waals surface area contributed by atoms with Crippen LogP contribution in [0, 0.1) is 10.6 Å². The Kier molecular flexibility index (Phi) is 4.90. The molecule has 10 heteroatoms. The second-order valence-corrected chi connectivity index (χ2v) is 8.19. The summed E-state index contributed by atoms with van der Waals surface area (Å²) in [7, 11) is 3.48. The lowest BCUT2D eigenvalue weighted by Gasteiger charge is -2.33. The van der Waals surface area contributed by atoms with Gasteiger partial charge in [0.2, 0.25) is 18.4 Å². The van der Waals surface area contributed by atoms with Crippen LogP contribution in [0.5, 0.6) is 23.1 Å². The van der Waals surface area contributed by atoms with Gasteiger partial charge in [0, 0.05) is 6.42 Å². The van der Waals surface area contributed by atoms with Crippen LogP contribution in [0.15, 0.2) is 35.1 Å². The van der Waals surface area contributed by atoms with Crippen molar-refractivity contribution in [1.29, 1.82) is 0 Å². The first-order valence-corrected chi connectivity index (χ1v) is 10.5. The van der Waals surface area contributed by atoms with E-state index in [1.165, 1.54) is 35.9 Å². The fraction of sp³-hybridized carbons (Fsp3) is 0.273. The topological polar surface area (TPSA) is 90.2 Å². The molecule has 2 atom stereocenters. The second kappa shape index (κ2) is 7.64. The van der Waals surface area contributed by atoms with Gasteiger partial charge in [-0.25, -0.2) is 4.39 Å². The van der Waals surface area contributed by atoms with Gasteiger partial charge in [0.05, 0.1) is 32.0 Å². The Morgan fingerprint density at radius 2 is 2.03 bits per heavy atom. The van der Waals surface area contributed by atoms with Crippen molar-refractivity contribution in [2.75, 3.05) is 27.5 Å². The number of aromatic hydroxyl groups is 1. The molecule has 166 valence electrons. The molecule has 1 unspecified atom stereocenters. The minimum Gasteiger partial charge on any atom is -0.494 e. The zero-order chi connectivity index (χ0) is 22.6. The minimum absolute atomic E-state index is 0.00851. The molecule has 5 rings (SSSR count). The summed E-state index contributed by atoms with van der Waals surface area (Å²) in [6.07, 6.45) is 0.737. The second-order valence-electron chi connectivity index (χ2n) is 7.80. The summed E-state index contributed by atoms with van der Waals surface area (Å²) in [5.41, 5.74) is 1.78. The van der Waals surface area contributed by atoms with E-state index in [0.29, 0.717) is 29.5 Å². The summed E-state index contributed by atoms with van der Waals surface area (Å²) in [6, 6.07) is 6.83. The van der Waals surface area contributed by atoms with E-state index in [2.05, 4.69) is 4.98 Å². The van der Waals surface area contributed by atoms with E-state index < -0.39 is 17.4 Å². The first-order chi connectivity index (χ1) is 15.4. The van der Waals surface area contributed by atoms with Gasteiger partial charge in [-0.15, -0.1) is 0 Å². The van der Waals surface area contributed by atoms with Gasteiger partial charge in [0.15, 0.2) is 22.3 Å². The SMILES string of the molecule is COc1c2c(cc3c1[C@@H](c1c(O)n(-c4ccc(F)cc4)c(=S)[nH]c1=O)[NH+](C)CC3)OCO2. The number of hydrogen-bond donors (Lipinski definition) is 3. The highest BCUT2D eigenvalue weighted by molar-refractivity contribution is 7.71. The molecule has 0 saturated carbocycles. The van der Waals surface area contributed by atoms with Crippen LogP contribution in [0.25, 0.3) is 5.69 Å². The summed E-state index contributed by atoms with van der Waals surface area (Å²) in [5, 5.41) is 11.3. The molecule has 2 aliphatic heterocycles. The number of halogens is 1. The first kappa shape index (κ1) is 20.5. The highest BCUT2D eigenvalue weighted by Crippen LogP contribution is 2.48. The Bertz CT molecular complexity index is 1340. The highest BCUT2D eigenvalue weighted by atomic mass is 32.1. The summed E-state index contributed by atoms with van der Waals surface area (Å²) in [5.74, 6) is 0.832. The molecule has 3 N–H and O–H groups in total. The van der Waals surface area contributed by atoms with Crippen molar-refractivity contribution in [3.8, 4) is 28.8 Å². The van der Waals surface area contributed by atoms with Crippen molar-refractivity contribution in [3.05, 3.63) is 68.0 Å². The van der Waals surface area contributed by atoms with Crippen molar-refractivity contribution < 1.29 is 28.6 Å². The molecule has 3 aromatic rings. The van der Waals surface area contributed by atoms with Crippen LogP contribution in [0.1, 0.15) is 22.7 Å². The molecule has 2 aromatic carbocycles. The van der Waals surface area contributed by atoms with Crippen molar-refractivity contribution in [2.24, 2.45) is 0 Å². The Labute approximate surface area is 187 Å². The molecule has 1 aromatic heterocycles. The predicted octanol–water partition coefficient (Wildman–Crippen LogP) is 1.64. The summed E-state index contributed by atoms with van der Waals surface area (Å²) >= 11 is 5.31. The third-order valence-corrected chi connectivity index (χ3v) is 6.30. The number of methoxy groups -OCH3 is 1. The van der Waals surface area contributed by atoms with Gasteiger partial charge in [-0.3, -0.25) is 14.3 Å². The van der Waals surface area contributed by atoms with E-state index in [0.717, 1.165) is 22.4 Å². The number of benzene rings is 2. The van der Waals surface area contributed by atoms with Crippen molar-refractivity contribution in [1.82, 2.24) is 9.55 Å². The van der Waals surface area contributed by atoms with E-state index in [1.54, 1.807) is 0 Å². The van der Waals surface area contributed by atoms with Crippen LogP contribution in [0.2, 0.25) is 0 Å². The lowest BCUT2D eigenvalue weighted by atomic mass is 9.87. The largest absolute Gasteiger partial charge is 0.494 e. The fourth-order valence-electron chi connectivity index (χ4n) is 4.55. The van der Waals surface area contributed by atoms with Crippen LogP contribution in [0.4, 0.5) is 4.39 Å². The van der Waals surface area contributed by atoms with Gasteiger partial charge < -0.3 is 24.2 Å². The maximum Gasteiger partial charge on any atom is 0.265 e. The smallest absolute Gasteiger partial charge is 0.265 e. The van der Waals surface area contributed by atoms with Gasteiger partial charge in [-0.05, 0) is 48.1 Å². The van der Waals surface area contributed by atoms with Gasteiger partial charge in [0.1, 0.15) is 11.4 Å². The Morgan fingerprint density at radius 3 is 2.75 bits per heavy atom. The Morgan fingerprint density at radius 1 is 1.28 bits per heavy atom. The number of ether oxygens (including phenoxy) is 3. The quantitative estimate of drug-likeness (QED) is 0.517. The molecule has 3 heterocycles. The van der Waals surface area contributed by atoms with Gasteiger partial charge >= 0.3 is 0 Å². The number of fused-ring (bicyclic) bond motifs is 2. The Balaban J connectivity index is 1.78. The minimum atomic E-state index is -0.561. The molecular formula is C22H21FN3O5S+. The van der Waals surface area contributed by atoms with Crippen molar-refractivity contribution in [2.45, 2.75) is 12.5 Å². The lowest BCUT2D eigenvalue weighted by molar-refractivity contribution is -0.908. The number of likely N-dealkylation sites (N-methyl/N-ethyl adjacent to an activating group) is 1. The molecule has 0 radical (unpaired) electrons. The molecule has 0 fully saturated rings. The summed E-state index contributed by atoms with van der Waals surface area (Å²) in [4.78, 5) is 16.8. The molecule has 0 bridgehead atoms. The zero-order valence-electron chi connectivity index (χ0n) is 17.4. The maximum absolute atomic E-state index is 13.5. The van der Waals surface area contributed by atoms with Crippen LogP contribution >= 0.6 is 12.2 Å². The molecule has 0 saturated heterocycles. The maximum atomic E-state index is 13.5. The van der Waals surface area contributed by atoms with E-state index in [4.69, 9.17) is 26.4 Å². The number of H-pyrrole nitrogens is 1. The fourth-order valence-corrected chi connectivity index (χ4v) is 4.83. The number of nitrogens with one attached hydrogen (secondary N) is 2. The number of nitrogens with zero attached hydrogens (tertiary/aromatic N) is 1. The van der Waals surface area contributed by atoms with Gasteiger partial charge in [-0.1, -0.05) is 0 Å². The number of hydrogen-bond acceptors (Lipinski definition) is 6. The number of aromatic amines is 1. The standard InChI is InChI=1S/C22H20FN3O5S/c1-25-8-7-11-9-14-18(31-10-30-14)19(29-2)15(11)17(25)16-20(27)24-22(32)26(21(16)28)13-5-3-12(23)4-6-13/h3-6,9,17,28H,7-8,10H2,1-2H3,(H,24,27,32)/p+1/t17-/m0/s1. The molecular weight excluding hydrogens is 437 g/mol. The van der Waals surface area contributed by atoms with Gasteiger partial charge in [0.25, 0.3) is 5.56 Å². The summed E-state index contributed by atoms with van der Waals surface area (Å²) in [6.45, 7) is 0.800. The predicted molar refractivity (Wildman–Crippen MR) is 115 cm³/mol. The van der Waals surface area contributed by atoms with Gasteiger partial charge in [-0.2, -0.15) is 0 Å². The average Bonchev–Trinajstić information content (AvgIpc) is 3.23. The third-order valence-electron chi connectivity index (χ3n) is 6.01. The van der Waals surface area contributed by atoms with Crippen LogP contribution in [-0.2, 0) is 6.42 Å². The van der Waals surface area contributed by atoms with Crippen molar-refractivity contribution >= 4 is 12.2 Å². The number of quaternary nitrogens is 1. The molecule has 0 aliphatic carbocycles. The molecule has 0 amide bonds. The van der Waals surface area contributed by atoms with Crippen LogP contribution < -0.4 is 24.7 Å². The number of rotatable bonds is 3. The third kappa shape index (κ3) is 3.06. The lowest BCUT2D eigenvalue weighted by Crippen LogP contribution is -3.10. The normalized spacial score (nSPS) is 19.0.